The van der Waals surface area contributed by atoms with E-state index in [1.165, 1.54) is 44.6 Å². The number of carbonyl (C=O) groups excluding carboxylic acids is 2. The van der Waals surface area contributed by atoms with Crippen molar-refractivity contribution in [2.24, 2.45) is 0 Å². The molecule has 4 rings (SSSR count). The number of amides is 2. The third-order valence-corrected chi connectivity index (χ3v) is 5.73. The van der Waals surface area contributed by atoms with Crippen LogP contribution in [-0.2, 0) is 14.4 Å². The maximum Gasteiger partial charge on any atom is 0.318 e. The lowest BCUT2D eigenvalue weighted by Crippen LogP contribution is -2.41. The first-order chi connectivity index (χ1) is 13.9. The second-order valence-corrected chi connectivity index (χ2v) is 7.69. The Morgan fingerprint density at radius 2 is 1.38 bits per heavy atom. The Morgan fingerprint density at radius 3 is 1.93 bits per heavy atom. The number of ether oxygens (including phenoxy) is 2. The molecule has 0 fully saturated rings. The van der Waals surface area contributed by atoms with Crippen molar-refractivity contribution in [1.82, 2.24) is 5.06 Å². The molecular weight excluding hydrogens is 398 g/mol. The summed E-state index contributed by atoms with van der Waals surface area (Å²) < 4.78 is 40.6. The molecule has 0 N–H and O–H groups in total. The first kappa shape index (κ1) is 18.9. The highest BCUT2D eigenvalue weighted by Gasteiger charge is 2.37. The number of hydrogen-bond donors (Lipinski definition) is 0. The Balaban J connectivity index is 1.75. The zero-order valence-electron chi connectivity index (χ0n) is 15.4. The van der Waals surface area contributed by atoms with Crippen LogP contribution < -0.4 is 9.47 Å². The number of benzene rings is 3. The summed E-state index contributed by atoms with van der Waals surface area (Å²) in [6.45, 7) is 0. The van der Waals surface area contributed by atoms with E-state index in [1.54, 1.807) is 24.3 Å². The van der Waals surface area contributed by atoms with E-state index in [0.717, 1.165) is 0 Å². The van der Waals surface area contributed by atoms with Crippen molar-refractivity contribution in [2.45, 2.75) is 4.90 Å². The van der Waals surface area contributed by atoms with E-state index in [1.807, 2.05) is 0 Å². The van der Waals surface area contributed by atoms with Gasteiger partial charge in [0.1, 0.15) is 0 Å². The molecule has 0 aromatic heterocycles. The van der Waals surface area contributed by atoms with E-state index < -0.39 is 21.9 Å². The zero-order chi connectivity index (χ0) is 20.8. The van der Waals surface area contributed by atoms with Crippen molar-refractivity contribution < 1.29 is 31.8 Å². The maximum atomic E-state index is 12.8. The summed E-state index contributed by atoms with van der Waals surface area (Å²) >= 11 is 0. The van der Waals surface area contributed by atoms with Gasteiger partial charge in [0.05, 0.1) is 30.2 Å². The summed E-state index contributed by atoms with van der Waals surface area (Å²) in [7, 11) is -1.75. The highest BCUT2D eigenvalue weighted by atomic mass is 32.2. The van der Waals surface area contributed by atoms with Crippen LogP contribution in [0.15, 0.2) is 59.5 Å². The maximum absolute atomic E-state index is 12.8. The second kappa shape index (κ2) is 6.87. The highest BCUT2D eigenvalue weighted by Crippen LogP contribution is 2.33. The number of methoxy groups -OCH3 is 2. The highest BCUT2D eigenvalue weighted by molar-refractivity contribution is 7.86. The van der Waals surface area contributed by atoms with Crippen LogP contribution in [-0.4, -0.2) is 39.5 Å². The molecule has 0 bridgehead atoms. The molecule has 8 nitrogen and oxygen atoms in total. The third-order valence-electron chi connectivity index (χ3n) is 4.55. The monoisotopic (exact) mass is 413 g/mol. The first-order valence-electron chi connectivity index (χ1n) is 8.44. The van der Waals surface area contributed by atoms with Gasteiger partial charge in [0, 0.05) is 11.5 Å². The lowest BCUT2D eigenvalue weighted by atomic mass is 9.95. The number of nitrogens with zero attached hydrogens (tertiary/aromatic N) is 1. The van der Waals surface area contributed by atoms with Crippen LogP contribution in [0, 0.1) is 0 Å². The summed E-state index contributed by atoms with van der Waals surface area (Å²) in [6, 6.07) is 13.6. The first-order valence-corrected chi connectivity index (χ1v) is 9.85. The van der Waals surface area contributed by atoms with E-state index >= 15 is 0 Å². The van der Waals surface area contributed by atoms with Gasteiger partial charge in [-0.3, -0.25) is 9.59 Å². The zero-order valence-corrected chi connectivity index (χ0v) is 16.2. The molecule has 148 valence electrons. The van der Waals surface area contributed by atoms with Gasteiger partial charge in [-0.15, -0.1) is 9.35 Å². The fourth-order valence-corrected chi connectivity index (χ4v) is 4.09. The average molecular weight is 413 g/mol. The van der Waals surface area contributed by atoms with Crippen molar-refractivity contribution in [2.75, 3.05) is 14.2 Å². The summed E-state index contributed by atoms with van der Waals surface area (Å²) in [5.41, 5.74) is 0.362. The molecule has 29 heavy (non-hydrogen) atoms. The fraction of sp³-hybridized carbons (Fsp3) is 0.100. The summed E-state index contributed by atoms with van der Waals surface area (Å²) in [5, 5.41) is 1.43. The van der Waals surface area contributed by atoms with Gasteiger partial charge in [-0.2, -0.15) is 8.42 Å². The molecule has 9 heteroatoms. The number of imide groups is 1. The molecule has 1 aliphatic heterocycles. The minimum absolute atomic E-state index is 0.156. The normalized spacial score (nSPS) is 13.7. The predicted molar refractivity (Wildman–Crippen MR) is 102 cm³/mol. The van der Waals surface area contributed by atoms with Crippen LogP contribution in [0.5, 0.6) is 11.5 Å². The van der Waals surface area contributed by atoms with Gasteiger partial charge < -0.3 is 9.47 Å². The Bertz CT molecular complexity index is 1220. The van der Waals surface area contributed by atoms with Crippen LogP contribution in [0.4, 0.5) is 0 Å². The Kier molecular flexibility index (Phi) is 4.48. The number of hydroxylamine groups is 2. The topological polar surface area (TPSA) is 99.2 Å². The van der Waals surface area contributed by atoms with E-state index in [4.69, 9.17) is 13.8 Å². The molecular formula is C20H15NO7S. The smallest absolute Gasteiger partial charge is 0.318 e. The second-order valence-electron chi connectivity index (χ2n) is 6.16. The van der Waals surface area contributed by atoms with Gasteiger partial charge in [-0.05, 0) is 29.7 Å². The van der Waals surface area contributed by atoms with Gasteiger partial charge in [0.25, 0.3) is 11.8 Å². The number of rotatable bonds is 5. The van der Waals surface area contributed by atoms with Gasteiger partial charge in [0.2, 0.25) is 0 Å². The van der Waals surface area contributed by atoms with Crippen LogP contribution in [0.1, 0.15) is 20.7 Å². The van der Waals surface area contributed by atoms with Gasteiger partial charge in [-0.1, -0.05) is 24.3 Å². The van der Waals surface area contributed by atoms with E-state index in [2.05, 4.69) is 0 Å². The molecule has 0 spiro atoms. The quantitative estimate of drug-likeness (QED) is 0.593. The minimum Gasteiger partial charge on any atom is -0.493 e. The van der Waals surface area contributed by atoms with Crippen molar-refractivity contribution >= 4 is 32.7 Å². The fourth-order valence-electron chi connectivity index (χ4n) is 3.19. The standard InChI is InChI=1S/C20H15NO7S/c1-26-16-10-9-13(11-17(16)27-2)29(24,25)28-21-19(22)14-7-3-5-12-6-4-8-15(18(12)14)20(21)23/h3-11H,1-2H3. The van der Waals surface area contributed by atoms with Crippen molar-refractivity contribution in [3.63, 3.8) is 0 Å². The van der Waals surface area contributed by atoms with Crippen molar-refractivity contribution in [1.29, 1.82) is 0 Å². The molecule has 1 heterocycles. The third kappa shape index (κ3) is 3.00. The molecule has 3 aromatic carbocycles. The van der Waals surface area contributed by atoms with E-state index in [0.29, 0.717) is 16.5 Å². The van der Waals surface area contributed by atoms with E-state index in [-0.39, 0.29) is 26.8 Å². The predicted octanol–water partition coefficient (Wildman–Crippen LogP) is 2.77. The van der Waals surface area contributed by atoms with Crippen LogP contribution in [0.25, 0.3) is 10.8 Å². The number of hydrogen-bond acceptors (Lipinski definition) is 7. The van der Waals surface area contributed by atoms with E-state index in [9.17, 15) is 18.0 Å². The summed E-state index contributed by atoms with van der Waals surface area (Å²) in [4.78, 5) is 25.3. The Morgan fingerprint density at radius 1 is 0.793 bits per heavy atom. The summed E-state index contributed by atoms with van der Waals surface area (Å²) in [6.07, 6.45) is 0. The molecule has 0 unspecified atom stereocenters. The molecule has 1 aliphatic rings. The molecule has 0 saturated carbocycles. The van der Waals surface area contributed by atoms with Crippen LogP contribution in [0.3, 0.4) is 0 Å². The minimum atomic E-state index is -4.51. The molecule has 3 aromatic rings. The molecule has 0 atom stereocenters. The van der Waals surface area contributed by atoms with Crippen LogP contribution in [0.2, 0.25) is 0 Å². The molecule has 2 amide bonds. The van der Waals surface area contributed by atoms with Gasteiger partial charge >= 0.3 is 10.1 Å². The molecule has 0 radical (unpaired) electrons. The van der Waals surface area contributed by atoms with Gasteiger partial charge in [-0.25, -0.2) is 0 Å². The SMILES string of the molecule is COc1ccc(S(=O)(=O)ON2C(=O)c3cccc4cccc(c34)C2=O)cc1OC. The van der Waals surface area contributed by atoms with Crippen LogP contribution >= 0.6 is 0 Å². The molecule has 0 aliphatic carbocycles. The van der Waals surface area contributed by atoms with Gasteiger partial charge in [0.15, 0.2) is 11.5 Å². The lowest BCUT2D eigenvalue weighted by Gasteiger charge is -2.25. The largest absolute Gasteiger partial charge is 0.493 e. The molecule has 0 saturated heterocycles. The number of carbonyl (C=O) groups is 2. The summed E-state index contributed by atoms with van der Waals surface area (Å²) in [5.74, 6) is -1.24. The average Bonchev–Trinajstić information content (AvgIpc) is 2.74. The Hall–Kier alpha value is -3.43. The van der Waals surface area contributed by atoms with Crippen molar-refractivity contribution in [3.05, 3.63) is 65.7 Å². The Labute approximate surface area is 166 Å². The lowest BCUT2D eigenvalue weighted by molar-refractivity contribution is -0.0155. The van der Waals surface area contributed by atoms with Crippen molar-refractivity contribution in [3.8, 4) is 11.5 Å².